The molecule has 3 aromatic rings. The van der Waals surface area contributed by atoms with E-state index in [1.165, 1.54) is 28.8 Å². The molecule has 3 aliphatic rings. The number of hydrogen-bond acceptors (Lipinski definition) is 3. The van der Waals surface area contributed by atoms with Gasteiger partial charge in [0.1, 0.15) is 5.82 Å². The lowest BCUT2D eigenvalue weighted by atomic mass is 9.80. The fourth-order valence-electron chi connectivity index (χ4n) is 5.93. The van der Waals surface area contributed by atoms with E-state index in [2.05, 4.69) is 48.0 Å². The number of allylic oxidation sites excluding steroid dienone is 3. The molecule has 1 aliphatic heterocycles. The van der Waals surface area contributed by atoms with Crippen molar-refractivity contribution < 1.29 is 9.18 Å². The van der Waals surface area contributed by atoms with Crippen LogP contribution in [-0.2, 0) is 11.2 Å². The molecule has 0 unspecified atom stereocenters. The van der Waals surface area contributed by atoms with Crippen LogP contribution >= 0.6 is 0 Å². The van der Waals surface area contributed by atoms with E-state index < -0.39 is 0 Å². The Hall–Kier alpha value is -4.12. The van der Waals surface area contributed by atoms with Crippen molar-refractivity contribution >= 4 is 11.6 Å². The van der Waals surface area contributed by atoms with Gasteiger partial charge in [-0.15, -0.1) is 0 Å². The summed E-state index contributed by atoms with van der Waals surface area (Å²) in [4.78, 5) is 13.8. The first kappa shape index (κ1) is 23.3. The van der Waals surface area contributed by atoms with E-state index in [0.717, 1.165) is 41.8 Å². The topological polar surface area (TPSA) is 44.4 Å². The second kappa shape index (κ2) is 9.74. The molecular weight excluding hydrogens is 461 g/mol. The van der Waals surface area contributed by atoms with Crippen LogP contribution in [0.2, 0.25) is 0 Å². The van der Waals surface area contributed by atoms with E-state index >= 15 is 0 Å². The second-order valence-electron chi connectivity index (χ2n) is 10.0. The van der Waals surface area contributed by atoms with E-state index in [9.17, 15) is 9.18 Å². The SMILES string of the molecule is C[C@H]1C2=CNN(c3ccc(F)cc3)C2=CC2=C1[C@@H](C(=O)N[C@H](Cc1ccccc1)c1ccccc1)CC2. The number of amides is 1. The second-order valence-corrected chi connectivity index (χ2v) is 10.0. The van der Waals surface area contributed by atoms with Crippen LogP contribution in [-0.4, -0.2) is 5.91 Å². The smallest absolute Gasteiger partial charge is 0.227 e. The lowest BCUT2D eigenvalue weighted by molar-refractivity contribution is -0.124. The lowest BCUT2D eigenvalue weighted by Gasteiger charge is -2.30. The van der Waals surface area contributed by atoms with Gasteiger partial charge in [-0.3, -0.25) is 9.80 Å². The molecule has 2 aliphatic carbocycles. The molecule has 4 nitrogen and oxygen atoms in total. The van der Waals surface area contributed by atoms with Crippen LogP contribution in [0.25, 0.3) is 0 Å². The fraction of sp³-hybridized carbons (Fsp3) is 0.219. The predicted octanol–water partition coefficient (Wildman–Crippen LogP) is 6.37. The maximum Gasteiger partial charge on any atom is 0.227 e. The molecule has 0 bridgehead atoms. The highest BCUT2D eigenvalue weighted by Crippen LogP contribution is 2.48. The summed E-state index contributed by atoms with van der Waals surface area (Å²) >= 11 is 0. The van der Waals surface area contributed by atoms with Gasteiger partial charge in [0.2, 0.25) is 5.91 Å². The lowest BCUT2D eigenvalue weighted by Crippen LogP contribution is -2.36. The summed E-state index contributed by atoms with van der Waals surface area (Å²) in [6.45, 7) is 2.19. The Kier molecular flexibility index (Phi) is 6.13. The molecule has 1 heterocycles. The molecule has 0 saturated carbocycles. The molecule has 2 N–H and O–H groups in total. The van der Waals surface area contributed by atoms with E-state index in [-0.39, 0.29) is 29.6 Å². The zero-order valence-electron chi connectivity index (χ0n) is 20.8. The number of carbonyl (C=O) groups excluding carboxylic acids is 1. The minimum atomic E-state index is -0.252. The summed E-state index contributed by atoms with van der Waals surface area (Å²) in [5, 5.41) is 5.40. The summed E-state index contributed by atoms with van der Waals surface area (Å²) in [6.07, 6.45) is 6.65. The summed E-state index contributed by atoms with van der Waals surface area (Å²) in [7, 11) is 0. The third-order valence-electron chi connectivity index (χ3n) is 7.78. The molecule has 0 fully saturated rings. The van der Waals surface area contributed by atoms with Crippen molar-refractivity contribution in [1.82, 2.24) is 10.7 Å². The zero-order valence-corrected chi connectivity index (χ0v) is 20.8. The largest absolute Gasteiger partial charge is 0.348 e. The Bertz CT molecular complexity index is 1390. The van der Waals surface area contributed by atoms with Crippen LogP contribution in [0.4, 0.5) is 10.1 Å². The van der Waals surface area contributed by atoms with Crippen LogP contribution in [0.3, 0.4) is 0 Å². The Labute approximate surface area is 217 Å². The molecule has 0 radical (unpaired) electrons. The molecule has 0 spiro atoms. The number of nitrogens with zero attached hydrogens (tertiary/aromatic N) is 1. The average Bonchev–Trinajstić information content (AvgIpc) is 3.55. The number of halogens is 1. The molecule has 0 aromatic heterocycles. The van der Waals surface area contributed by atoms with Gasteiger partial charge in [-0.05, 0) is 71.9 Å². The number of benzene rings is 3. The molecule has 3 aromatic carbocycles. The van der Waals surface area contributed by atoms with Crippen LogP contribution in [0.15, 0.2) is 120 Å². The number of hydrogen-bond donors (Lipinski definition) is 2. The minimum absolute atomic E-state index is 0.0907. The zero-order chi connectivity index (χ0) is 25.4. The molecule has 6 rings (SSSR count). The van der Waals surface area contributed by atoms with Crippen molar-refractivity contribution in [2.24, 2.45) is 11.8 Å². The monoisotopic (exact) mass is 491 g/mol. The fourth-order valence-corrected chi connectivity index (χ4v) is 5.93. The van der Waals surface area contributed by atoms with E-state index in [1.807, 2.05) is 47.6 Å². The molecule has 3 atom stereocenters. The van der Waals surface area contributed by atoms with Crippen molar-refractivity contribution in [3.63, 3.8) is 0 Å². The number of nitrogens with one attached hydrogen (secondary N) is 2. The number of hydrazine groups is 1. The van der Waals surface area contributed by atoms with Crippen molar-refractivity contribution in [1.29, 1.82) is 0 Å². The van der Waals surface area contributed by atoms with Gasteiger partial charge in [0.25, 0.3) is 0 Å². The highest BCUT2D eigenvalue weighted by molar-refractivity contribution is 5.84. The summed E-state index contributed by atoms with van der Waals surface area (Å²) in [6, 6.07) is 27.0. The molecule has 37 heavy (non-hydrogen) atoms. The van der Waals surface area contributed by atoms with Gasteiger partial charge in [-0.25, -0.2) is 4.39 Å². The van der Waals surface area contributed by atoms with Gasteiger partial charge < -0.3 is 10.7 Å². The highest BCUT2D eigenvalue weighted by atomic mass is 19.1. The first-order chi connectivity index (χ1) is 18.1. The first-order valence-corrected chi connectivity index (χ1v) is 12.9. The quantitative estimate of drug-likeness (QED) is 0.421. The third kappa shape index (κ3) is 4.46. The van der Waals surface area contributed by atoms with Crippen LogP contribution in [0.5, 0.6) is 0 Å². The van der Waals surface area contributed by atoms with E-state index in [0.29, 0.717) is 0 Å². The minimum Gasteiger partial charge on any atom is -0.348 e. The highest BCUT2D eigenvalue weighted by Gasteiger charge is 2.41. The van der Waals surface area contributed by atoms with Crippen molar-refractivity contribution in [3.05, 3.63) is 137 Å². The number of anilines is 1. The molecular formula is C32H30FN3O. The van der Waals surface area contributed by atoms with Gasteiger partial charge in [0, 0.05) is 17.7 Å². The number of fused-ring (bicyclic) bond motifs is 1. The Morgan fingerprint density at radius 3 is 2.46 bits per heavy atom. The van der Waals surface area contributed by atoms with Gasteiger partial charge in [0.15, 0.2) is 0 Å². The maximum atomic E-state index is 13.8. The predicted molar refractivity (Wildman–Crippen MR) is 145 cm³/mol. The van der Waals surface area contributed by atoms with Gasteiger partial charge in [-0.2, -0.15) is 0 Å². The molecule has 0 saturated heterocycles. The van der Waals surface area contributed by atoms with E-state index in [1.54, 1.807) is 12.1 Å². The van der Waals surface area contributed by atoms with E-state index in [4.69, 9.17) is 0 Å². The Morgan fingerprint density at radius 2 is 1.73 bits per heavy atom. The van der Waals surface area contributed by atoms with Crippen LogP contribution in [0, 0.1) is 17.7 Å². The van der Waals surface area contributed by atoms with Crippen molar-refractivity contribution in [2.75, 3.05) is 5.01 Å². The van der Waals surface area contributed by atoms with Gasteiger partial charge in [-0.1, -0.05) is 67.6 Å². The van der Waals surface area contributed by atoms with Crippen molar-refractivity contribution in [2.45, 2.75) is 32.2 Å². The molecule has 5 heteroatoms. The third-order valence-corrected chi connectivity index (χ3v) is 7.78. The Balaban J connectivity index is 1.26. The first-order valence-electron chi connectivity index (χ1n) is 12.9. The van der Waals surface area contributed by atoms with Gasteiger partial charge >= 0.3 is 0 Å². The summed E-state index contributed by atoms with van der Waals surface area (Å²) in [5.74, 6) is -0.181. The summed E-state index contributed by atoms with van der Waals surface area (Å²) < 4.78 is 13.5. The maximum absolute atomic E-state index is 13.8. The normalized spacial score (nSPS) is 21.0. The molecule has 186 valence electrons. The average molecular weight is 492 g/mol. The number of carbonyl (C=O) groups is 1. The van der Waals surface area contributed by atoms with Crippen LogP contribution < -0.4 is 15.8 Å². The van der Waals surface area contributed by atoms with Gasteiger partial charge in [0.05, 0.1) is 23.3 Å². The Morgan fingerprint density at radius 1 is 1.03 bits per heavy atom. The van der Waals surface area contributed by atoms with Crippen molar-refractivity contribution in [3.8, 4) is 0 Å². The standard InChI is InChI=1S/C32H30FN3O/c1-21-28-20-34-36(26-15-13-25(33)14-16-26)30(28)19-24-12-17-27(31(21)24)32(37)35-29(23-10-6-3-7-11-23)18-22-8-4-2-5-9-22/h2-11,13-16,19-21,27,29,34H,12,17-18H2,1H3,(H,35,37)/t21-,27-,29+/m0/s1. The number of rotatable bonds is 6. The molecule has 1 amide bonds. The van der Waals surface area contributed by atoms with Crippen LogP contribution in [0.1, 0.15) is 36.9 Å². The summed E-state index contributed by atoms with van der Waals surface area (Å²) in [5.41, 5.74) is 11.2.